The van der Waals surface area contributed by atoms with Crippen LogP contribution >= 0.6 is 11.8 Å². The van der Waals surface area contributed by atoms with E-state index in [-0.39, 0.29) is 30.4 Å². The fraction of sp³-hybridized carbons (Fsp3) is 0.700. The third-order valence-corrected chi connectivity index (χ3v) is 3.07. The summed E-state index contributed by atoms with van der Waals surface area (Å²) in [6, 6.07) is 0.0537. The van der Waals surface area contributed by atoms with Crippen molar-refractivity contribution in [1.29, 1.82) is 0 Å². The molecule has 0 fully saturated rings. The quantitative estimate of drug-likeness (QED) is 0.724. The fourth-order valence-corrected chi connectivity index (χ4v) is 2.04. The number of thioether (sulfide) groups is 1. The summed E-state index contributed by atoms with van der Waals surface area (Å²) >= 11 is 1.34. The highest BCUT2D eigenvalue weighted by Gasteiger charge is 2.11. The van der Waals surface area contributed by atoms with Crippen molar-refractivity contribution < 1.29 is 9.90 Å². The van der Waals surface area contributed by atoms with Gasteiger partial charge in [0.15, 0.2) is 5.16 Å². The van der Waals surface area contributed by atoms with Crippen LogP contribution in [0.5, 0.6) is 0 Å². The van der Waals surface area contributed by atoms with Crippen molar-refractivity contribution in [2.75, 3.05) is 12.4 Å². The molecule has 0 radical (unpaired) electrons. The van der Waals surface area contributed by atoms with Crippen molar-refractivity contribution in [3.8, 4) is 0 Å². The van der Waals surface area contributed by atoms with Crippen LogP contribution in [0.1, 0.15) is 26.8 Å². The van der Waals surface area contributed by atoms with E-state index in [0.717, 1.165) is 5.16 Å². The largest absolute Gasteiger partial charge is 0.394 e. The van der Waals surface area contributed by atoms with Gasteiger partial charge in [0.25, 0.3) is 0 Å². The normalized spacial score (nSPS) is 12.8. The second-order valence-electron chi connectivity index (χ2n) is 4.05. The Morgan fingerprint density at radius 1 is 1.59 bits per heavy atom. The number of nitrogens with one attached hydrogen (secondary N) is 1. The zero-order chi connectivity index (χ0) is 12.8. The zero-order valence-corrected chi connectivity index (χ0v) is 11.1. The molecule has 0 saturated heterocycles. The van der Waals surface area contributed by atoms with Gasteiger partial charge in [-0.15, -0.1) is 10.2 Å². The van der Waals surface area contributed by atoms with Crippen LogP contribution < -0.4 is 5.32 Å². The number of hydrogen-bond donors (Lipinski definition) is 2. The van der Waals surface area contributed by atoms with E-state index in [0.29, 0.717) is 0 Å². The van der Waals surface area contributed by atoms with Gasteiger partial charge in [0.1, 0.15) is 6.33 Å². The van der Waals surface area contributed by atoms with Gasteiger partial charge in [-0.2, -0.15) is 0 Å². The van der Waals surface area contributed by atoms with Gasteiger partial charge in [0.05, 0.1) is 12.4 Å². The van der Waals surface area contributed by atoms with Gasteiger partial charge >= 0.3 is 0 Å². The van der Waals surface area contributed by atoms with Crippen LogP contribution in [-0.4, -0.2) is 44.2 Å². The summed E-state index contributed by atoms with van der Waals surface area (Å²) < 4.78 is 1.91. The maximum Gasteiger partial charge on any atom is 0.230 e. The Kier molecular flexibility index (Phi) is 5.43. The second-order valence-corrected chi connectivity index (χ2v) is 5.00. The van der Waals surface area contributed by atoms with Crippen molar-refractivity contribution in [2.45, 2.75) is 38.0 Å². The Hall–Kier alpha value is -1.08. The van der Waals surface area contributed by atoms with E-state index < -0.39 is 0 Å². The van der Waals surface area contributed by atoms with E-state index in [2.05, 4.69) is 15.5 Å². The van der Waals surface area contributed by atoms with Crippen LogP contribution in [0.25, 0.3) is 0 Å². The third-order valence-electron chi connectivity index (χ3n) is 2.11. The van der Waals surface area contributed by atoms with Crippen molar-refractivity contribution in [2.24, 2.45) is 0 Å². The van der Waals surface area contributed by atoms with Gasteiger partial charge in [0, 0.05) is 12.1 Å². The molecule has 0 aliphatic heterocycles. The first-order valence-corrected chi connectivity index (χ1v) is 6.45. The van der Waals surface area contributed by atoms with Crippen LogP contribution in [0.4, 0.5) is 0 Å². The molecule has 0 aliphatic rings. The molecule has 1 aromatic rings. The number of carbonyl (C=O) groups is 1. The fourth-order valence-electron chi connectivity index (χ4n) is 1.18. The molecule has 2 N–H and O–H groups in total. The minimum Gasteiger partial charge on any atom is -0.394 e. The summed E-state index contributed by atoms with van der Waals surface area (Å²) in [5.41, 5.74) is 0. The van der Waals surface area contributed by atoms with Gasteiger partial charge in [-0.3, -0.25) is 4.79 Å². The minimum atomic E-state index is -0.217. The number of carbonyl (C=O) groups excluding carboxylic acids is 1. The molecule has 1 heterocycles. The molecule has 0 aromatic carbocycles. The lowest BCUT2D eigenvalue weighted by Crippen LogP contribution is -2.36. The Balaban J connectivity index is 2.45. The SMILES string of the molecule is CC(C)n1cnnc1SCC(=O)N[C@H](C)CO. The first kappa shape index (κ1) is 14.0. The van der Waals surface area contributed by atoms with E-state index >= 15 is 0 Å². The average molecular weight is 258 g/mol. The van der Waals surface area contributed by atoms with Gasteiger partial charge < -0.3 is 15.0 Å². The minimum absolute atomic E-state index is 0.0570. The second kappa shape index (κ2) is 6.61. The molecule has 1 rings (SSSR count). The molecule has 0 aliphatic carbocycles. The number of aliphatic hydroxyl groups is 1. The molecule has 0 spiro atoms. The summed E-state index contributed by atoms with van der Waals surface area (Å²) in [4.78, 5) is 11.5. The van der Waals surface area contributed by atoms with Gasteiger partial charge in [-0.05, 0) is 20.8 Å². The van der Waals surface area contributed by atoms with E-state index in [9.17, 15) is 4.79 Å². The molecule has 0 saturated carbocycles. The summed E-state index contributed by atoms with van der Waals surface area (Å²) in [6.45, 7) is 5.75. The van der Waals surface area contributed by atoms with Crippen LogP contribution in [0.2, 0.25) is 0 Å². The topological polar surface area (TPSA) is 80.0 Å². The molecular weight excluding hydrogens is 240 g/mol. The Bertz CT molecular complexity index is 367. The summed E-state index contributed by atoms with van der Waals surface area (Å²) in [5.74, 6) is 0.158. The highest BCUT2D eigenvalue weighted by Crippen LogP contribution is 2.18. The van der Waals surface area contributed by atoms with Gasteiger partial charge in [0.2, 0.25) is 5.91 Å². The van der Waals surface area contributed by atoms with Crippen molar-refractivity contribution in [3.05, 3.63) is 6.33 Å². The lowest BCUT2D eigenvalue weighted by atomic mass is 10.4. The predicted molar refractivity (Wildman–Crippen MR) is 65.8 cm³/mol. The maximum absolute atomic E-state index is 11.5. The van der Waals surface area contributed by atoms with Crippen LogP contribution in [-0.2, 0) is 4.79 Å². The molecule has 6 nitrogen and oxygen atoms in total. The number of amides is 1. The maximum atomic E-state index is 11.5. The van der Waals surface area contributed by atoms with E-state index in [1.54, 1.807) is 13.3 Å². The number of rotatable bonds is 6. The molecule has 17 heavy (non-hydrogen) atoms. The number of aromatic nitrogens is 3. The molecule has 0 unspecified atom stereocenters. The standard InChI is InChI=1S/C10H18N4O2S/c1-7(2)14-6-11-13-10(14)17-5-9(16)12-8(3)4-15/h6-8,15H,4-5H2,1-3H3,(H,12,16)/t8-/m1/s1. The molecule has 1 aromatic heterocycles. The van der Waals surface area contributed by atoms with Crippen molar-refractivity contribution >= 4 is 17.7 Å². The Morgan fingerprint density at radius 2 is 2.29 bits per heavy atom. The summed E-state index contributed by atoms with van der Waals surface area (Å²) in [6.07, 6.45) is 1.65. The number of nitrogens with zero attached hydrogens (tertiary/aromatic N) is 3. The lowest BCUT2D eigenvalue weighted by molar-refractivity contribution is -0.119. The van der Waals surface area contributed by atoms with E-state index in [1.165, 1.54) is 11.8 Å². The predicted octanol–water partition coefficient (Wildman–Crippen LogP) is 0.448. The third kappa shape index (κ3) is 4.35. The zero-order valence-electron chi connectivity index (χ0n) is 10.3. The van der Waals surface area contributed by atoms with Crippen LogP contribution in [0.3, 0.4) is 0 Å². The van der Waals surface area contributed by atoms with Crippen LogP contribution in [0.15, 0.2) is 11.5 Å². The molecule has 1 atom stereocenters. The molecular formula is C10H18N4O2S. The smallest absolute Gasteiger partial charge is 0.230 e. The summed E-state index contributed by atoms with van der Waals surface area (Å²) in [7, 11) is 0. The lowest BCUT2D eigenvalue weighted by Gasteiger charge is -2.11. The Labute approximate surface area is 105 Å². The number of aliphatic hydroxyl groups excluding tert-OH is 1. The molecule has 1 amide bonds. The molecule has 7 heteroatoms. The summed E-state index contributed by atoms with van der Waals surface area (Å²) in [5, 5.41) is 20.0. The first-order chi connectivity index (χ1) is 8.04. The van der Waals surface area contributed by atoms with Crippen molar-refractivity contribution in [3.63, 3.8) is 0 Å². The van der Waals surface area contributed by atoms with E-state index in [4.69, 9.17) is 5.11 Å². The first-order valence-electron chi connectivity index (χ1n) is 5.47. The highest BCUT2D eigenvalue weighted by atomic mass is 32.2. The molecule has 0 bridgehead atoms. The monoisotopic (exact) mass is 258 g/mol. The Morgan fingerprint density at radius 3 is 2.88 bits per heavy atom. The average Bonchev–Trinajstić information content (AvgIpc) is 2.74. The highest BCUT2D eigenvalue weighted by molar-refractivity contribution is 7.99. The van der Waals surface area contributed by atoms with E-state index in [1.807, 2.05) is 18.4 Å². The molecule has 96 valence electrons. The van der Waals surface area contributed by atoms with Crippen LogP contribution in [0, 0.1) is 0 Å². The number of hydrogen-bond acceptors (Lipinski definition) is 5. The van der Waals surface area contributed by atoms with Gasteiger partial charge in [-0.25, -0.2) is 0 Å². The van der Waals surface area contributed by atoms with Gasteiger partial charge in [-0.1, -0.05) is 11.8 Å². The van der Waals surface area contributed by atoms with Crippen molar-refractivity contribution in [1.82, 2.24) is 20.1 Å².